The smallest absolute Gasteiger partial charge is 0.159 e. The molecule has 0 aliphatic rings. The first-order chi connectivity index (χ1) is 8.18. The Kier molecular flexibility index (Phi) is 2.01. The number of aromatic nitrogens is 2. The minimum absolute atomic E-state index is 0.0905. The third-order valence-corrected chi connectivity index (χ3v) is 3.21. The van der Waals surface area contributed by atoms with Crippen LogP contribution in [-0.2, 0) is 7.05 Å². The molecule has 84 valence electrons. The summed E-state index contributed by atoms with van der Waals surface area (Å²) in [5.41, 5.74) is 3.00. The van der Waals surface area contributed by atoms with Crippen LogP contribution in [0.25, 0.3) is 21.8 Å². The van der Waals surface area contributed by atoms with Crippen molar-refractivity contribution in [1.29, 1.82) is 0 Å². The average Bonchev–Trinajstić information content (AvgIpc) is 2.64. The lowest BCUT2D eigenvalue weighted by Crippen LogP contribution is -1.91. The summed E-state index contributed by atoms with van der Waals surface area (Å²) in [6.07, 6.45) is 3.63. The lowest BCUT2D eigenvalue weighted by Gasteiger charge is -1.98. The molecule has 1 aromatic carbocycles. The molecule has 0 saturated carbocycles. The SMILES string of the molecule is CC(=O)c1ccc2c(c1)c1cnccc1n2C. The minimum atomic E-state index is 0.0905. The van der Waals surface area contributed by atoms with E-state index in [1.54, 1.807) is 13.1 Å². The summed E-state index contributed by atoms with van der Waals surface area (Å²) in [5, 5.41) is 2.18. The fourth-order valence-corrected chi connectivity index (χ4v) is 2.28. The van der Waals surface area contributed by atoms with Crippen molar-refractivity contribution >= 4 is 27.6 Å². The summed E-state index contributed by atoms with van der Waals surface area (Å²) < 4.78 is 2.12. The Balaban J connectivity index is 2.50. The van der Waals surface area contributed by atoms with Gasteiger partial charge < -0.3 is 4.57 Å². The van der Waals surface area contributed by atoms with Crippen molar-refractivity contribution < 1.29 is 4.79 Å². The maximum absolute atomic E-state index is 11.4. The minimum Gasteiger partial charge on any atom is -0.344 e. The van der Waals surface area contributed by atoms with Gasteiger partial charge in [0.15, 0.2) is 5.78 Å². The Bertz CT molecular complexity index is 740. The molecular formula is C14H12N2O. The van der Waals surface area contributed by atoms with Gasteiger partial charge in [0.25, 0.3) is 0 Å². The van der Waals surface area contributed by atoms with Gasteiger partial charge in [-0.05, 0) is 31.2 Å². The largest absolute Gasteiger partial charge is 0.344 e. The van der Waals surface area contributed by atoms with Gasteiger partial charge in [-0.3, -0.25) is 9.78 Å². The molecule has 2 heterocycles. The van der Waals surface area contributed by atoms with Crippen LogP contribution < -0.4 is 0 Å². The predicted molar refractivity (Wildman–Crippen MR) is 68.2 cm³/mol. The van der Waals surface area contributed by atoms with Gasteiger partial charge in [0.1, 0.15) is 0 Å². The summed E-state index contributed by atoms with van der Waals surface area (Å²) in [5.74, 6) is 0.0905. The number of ketones is 1. The van der Waals surface area contributed by atoms with Gasteiger partial charge in [0.05, 0.1) is 5.52 Å². The maximum atomic E-state index is 11.4. The Morgan fingerprint density at radius 2 is 1.94 bits per heavy atom. The molecule has 17 heavy (non-hydrogen) atoms. The molecule has 3 aromatic rings. The highest BCUT2D eigenvalue weighted by Gasteiger charge is 2.09. The molecular weight excluding hydrogens is 212 g/mol. The van der Waals surface area contributed by atoms with E-state index in [1.807, 2.05) is 37.5 Å². The van der Waals surface area contributed by atoms with E-state index in [1.165, 1.54) is 0 Å². The van der Waals surface area contributed by atoms with Gasteiger partial charge in [0.2, 0.25) is 0 Å². The summed E-state index contributed by atoms with van der Waals surface area (Å²) in [6, 6.07) is 7.80. The third kappa shape index (κ3) is 1.35. The van der Waals surface area contributed by atoms with Gasteiger partial charge in [-0.2, -0.15) is 0 Å². The maximum Gasteiger partial charge on any atom is 0.159 e. The van der Waals surface area contributed by atoms with Crippen LogP contribution in [0.5, 0.6) is 0 Å². The molecule has 0 bridgehead atoms. The van der Waals surface area contributed by atoms with E-state index in [2.05, 4.69) is 9.55 Å². The summed E-state index contributed by atoms with van der Waals surface area (Å²) in [7, 11) is 2.03. The molecule has 0 fully saturated rings. The van der Waals surface area contributed by atoms with Crippen LogP contribution in [0, 0.1) is 0 Å². The molecule has 0 unspecified atom stereocenters. The molecule has 3 heteroatoms. The zero-order valence-electron chi connectivity index (χ0n) is 9.77. The van der Waals surface area contributed by atoms with Crippen molar-refractivity contribution in [1.82, 2.24) is 9.55 Å². The van der Waals surface area contributed by atoms with Crippen molar-refractivity contribution in [3.8, 4) is 0 Å². The number of hydrogen-bond donors (Lipinski definition) is 0. The molecule has 0 amide bonds. The molecule has 3 rings (SSSR count). The summed E-state index contributed by atoms with van der Waals surface area (Å²) in [6.45, 7) is 1.59. The van der Waals surface area contributed by atoms with E-state index >= 15 is 0 Å². The first-order valence-corrected chi connectivity index (χ1v) is 5.51. The first-order valence-electron chi connectivity index (χ1n) is 5.51. The molecule has 0 radical (unpaired) electrons. The molecule has 0 saturated heterocycles. The van der Waals surface area contributed by atoms with Crippen LogP contribution in [0.15, 0.2) is 36.7 Å². The Labute approximate surface area is 98.7 Å². The highest BCUT2D eigenvalue weighted by Crippen LogP contribution is 2.27. The predicted octanol–water partition coefficient (Wildman–Crippen LogP) is 2.93. The van der Waals surface area contributed by atoms with E-state index in [0.29, 0.717) is 0 Å². The number of carbonyl (C=O) groups is 1. The zero-order chi connectivity index (χ0) is 12.0. The number of benzene rings is 1. The van der Waals surface area contributed by atoms with E-state index in [9.17, 15) is 4.79 Å². The van der Waals surface area contributed by atoms with Crippen LogP contribution in [0.2, 0.25) is 0 Å². The molecule has 0 aliphatic carbocycles. The normalized spacial score (nSPS) is 11.2. The zero-order valence-corrected chi connectivity index (χ0v) is 9.77. The molecule has 0 atom stereocenters. The molecule has 0 aliphatic heterocycles. The van der Waals surface area contributed by atoms with Crippen molar-refractivity contribution in [3.63, 3.8) is 0 Å². The van der Waals surface area contributed by atoms with E-state index in [-0.39, 0.29) is 5.78 Å². The van der Waals surface area contributed by atoms with Crippen LogP contribution in [-0.4, -0.2) is 15.3 Å². The second-order valence-electron chi connectivity index (χ2n) is 4.24. The topological polar surface area (TPSA) is 34.9 Å². The lowest BCUT2D eigenvalue weighted by molar-refractivity contribution is 0.101. The molecule has 2 aromatic heterocycles. The summed E-state index contributed by atoms with van der Waals surface area (Å²) >= 11 is 0. The fraction of sp³-hybridized carbons (Fsp3) is 0.143. The highest BCUT2D eigenvalue weighted by molar-refractivity contribution is 6.10. The highest BCUT2D eigenvalue weighted by atomic mass is 16.1. The van der Waals surface area contributed by atoms with E-state index in [4.69, 9.17) is 0 Å². The quantitative estimate of drug-likeness (QED) is 0.596. The number of hydrogen-bond acceptors (Lipinski definition) is 2. The second kappa shape index (κ2) is 3.42. The van der Waals surface area contributed by atoms with Gasteiger partial charge in [0, 0.05) is 41.3 Å². The van der Waals surface area contributed by atoms with Crippen LogP contribution in [0.4, 0.5) is 0 Å². The van der Waals surface area contributed by atoms with Gasteiger partial charge in [-0.15, -0.1) is 0 Å². The van der Waals surface area contributed by atoms with E-state index in [0.717, 1.165) is 27.4 Å². The number of pyridine rings is 1. The van der Waals surface area contributed by atoms with Gasteiger partial charge >= 0.3 is 0 Å². The van der Waals surface area contributed by atoms with Crippen molar-refractivity contribution in [3.05, 3.63) is 42.2 Å². The van der Waals surface area contributed by atoms with Gasteiger partial charge in [-0.25, -0.2) is 0 Å². The number of nitrogens with zero attached hydrogens (tertiary/aromatic N) is 2. The summed E-state index contributed by atoms with van der Waals surface area (Å²) in [4.78, 5) is 15.6. The monoisotopic (exact) mass is 224 g/mol. The standard InChI is InChI=1S/C14H12N2O/c1-9(17)10-3-4-13-11(7-10)12-8-15-6-5-14(12)16(13)2/h3-8H,1-2H3. The number of aryl methyl sites for hydroxylation is 1. The number of fused-ring (bicyclic) bond motifs is 3. The van der Waals surface area contributed by atoms with Crippen LogP contribution >= 0.6 is 0 Å². The van der Waals surface area contributed by atoms with E-state index < -0.39 is 0 Å². The number of carbonyl (C=O) groups excluding carboxylic acids is 1. The van der Waals surface area contributed by atoms with Crippen molar-refractivity contribution in [2.24, 2.45) is 7.05 Å². The van der Waals surface area contributed by atoms with Gasteiger partial charge in [-0.1, -0.05) is 0 Å². The Morgan fingerprint density at radius 1 is 1.18 bits per heavy atom. The molecule has 3 nitrogen and oxygen atoms in total. The van der Waals surface area contributed by atoms with Crippen molar-refractivity contribution in [2.75, 3.05) is 0 Å². The molecule has 0 N–H and O–H groups in total. The fourth-order valence-electron chi connectivity index (χ4n) is 2.28. The second-order valence-corrected chi connectivity index (χ2v) is 4.24. The first kappa shape index (κ1) is 10.0. The van der Waals surface area contributed by atoms with Crippen LogP contribution in [0.3, 0.4) is 0 Å². The molecule has 0 spiro atoms. The third-order valence-electron chi connectivity index (χ3n) is 3.21. The Hall–Kier alpha value is -2.16. The van der Waals surface area contributed by atoms with Crippen LogP contribution in [0.1, 0.15) is 17.3 Å². The van der Waals surface area contributed by atoms with Crippen molar-refractivity contribution in [2.45, 2.75) is 6.92 Å². The Morgan fingerprint density at radius 3 is 2.71 bits per heavy atom. The lowest BCUT2D eigenvalue weighted by atomic mass is 10.1. The number of Topliss-reactive ketones (excluding diaryl/α,β-unsaturated/α-hetero) is 1. The average molecular weight is 224 g/mol. The number of rotatable bonds is 1.